The summed E-state index contributed by atoms with van der Waals surface area (Å²) in [6.07, 6.45) is -0.0763. The number of nitrogens with one attached hydrogen (secondary N) is 1. The van der Waals surface area contributed by atoms with Gasteiger partial charge in [-0.15, -0.1) is 0 Å². The van der Waals surface area contributed by atoms with E-state index in [1.807, 2.05) is 12.1 Å². The van der Waals surface area contributed by atoms with Crippen LogP contribution in [0.4, 0.5) is 9.18 Å². The van der Waals surface area contributed by atoms with Crippen LogP contribution in [0.5, 0.6) is 11.5 Å². The second kappa shape index (κ2) is 7.88. The maximum atomic E-state index is 13.9. The topological polar surface area (TPSA) is 128 Å². The van der Waals surface area contributed by atoms with Crippen LogP contribution in [0.3, 0.4) is 0 Å². The molecule has 2 unspecified atom stereocenters. The van der Waals surface area contributed by atoms with E-state index in [0.29, 0.717) is 36.9 Å². The van der Waals surface area contributed by atoms with Crippen LogP contribution >= 0.6 is 0 Å². The first kappa shape index (κ1) is 20.9. The van der Waals surface area contributed by atoms with Crippen LogP contribution in [0.15, 0.2) is 30.3 Å². The third-order valence-electron chi connectivity index (χ3n) is 6.10. The number of carbonyl (C=O) groups excluding carboxylic acids is 4. The molecule has 4 amide bonds. The number of ether oxygens (including phenoxy) is 2. The van der Waals surface area contributed by atoms with E-state index in [0.717, 1.165) is 17.2 Å². The summed E-state index contributed by atoms with van der Waals surface area (Å²) in [4.78, 5) is 49.2. The Kier molecular flexibility index (Phi) is 4.99. The normalized spacial score (nSPS) is 21.4. The molecule has 9 nitrogen and oxygen atoms in total. The Labute approximate surface area is 187 Å². The van der Waals surface area contributed by atoms with E-state index < -0.39 is 23.9 Å². The van der Waals surface area contributed by atoms with Crippen molar-refractivity contribution in [1.29, 1.82) is 0 Å². The molecule has 3 heterocycles. The van der Waals surface area contributed by atoms with Crippen molar-refractivity contribution in [3.63, 3.8) is 0 Å². The zero-order chi connectivity index (χ0) is 23.3. The summed E-state index contributed by atoms with van der Waals surface area (Å²) >= 11 is 0. The maximum absolute atomic E-state index is 13.9. The average Bonchev–Trinajstić information content (AvgIpc) is 3.28. The number of nitrogens with zero attached hydrogens (tertiary/aromatic N) is 1. The Balaban J connectivity index is 1.31. The van der Waals surface area contributed by atoms with Gasteiger partial charge in [0.25, 0.3) is 5.91 Å². The molecule has 2 aromatic carbocycles. The number of rotatable bonds is 4. The van der Waals surface area contributed by atoms with Gasteiger partial charge in [0.1, 0.15) is 18.0 Å². The highest BCUT2D eigenvalue weighted by Crippen LogP contribution is 2.40. The molecule has 0 aliphatic carbocycles. The molecule has 3 N–H and O–H groups in total. The molecule has 3 aliphatic heterocycles. The molecule has 0 spiro atoms. The number of hydrogen-bond donors (Lipinski definition) is 2. The standard InChI is InChI=1S/C23H20FN3O6/c24-14-7-13-8-15(32-20(13)18(9-14)33-23(25)31)5-11-1-2-12-10-27(22(30)16(12)6-11)17-3-4-19(28)26-21(17)29/h1-2,6-7,9,15,17H,3-5,8,10H2,(H2,25,31)(H,26,28,29). The van der Waals surface area contributed by atoms with E-state index in [2.05, 4.69) is 5.32 Å². The summed E-state index contributed by atoms with van der Waals surface area (Å²) in [6.45, 7) is 0.305. The second-order valence-corrected chi connectivity index (χ2v) is 8.35. The predicted octanol–water partition coefficient (Wildman–Crippen LogP) is 1.59. The fourth-order valence-corrected chi connectivity index (χ4v) is 4.65. The number of hydrogen-bond acceptors (Lipinski definition) is 6. The Morgan fingerprint density at radius 3 is 2.79 bits per heavy atom. The first-order chi connectivity index (χ1) is 15.8. The minimum atomic E-state index is -1.06. The number of fused-ring (bicyclic) bond motifs is 2. The molecule has 33 heavy (non-hydrogen) atoms. The lowest BCUT2D eigenvalue weighted by Crippen LogP contribution is -2.52. The average molecular weight is 453 g/mol. The van der Waals surface area contributed by atoms with Gasteiger partial charge >= 0.3 is 6.09 Å². The molecule has 10 heteroatoms. The van der Waals surface area contributed by atoms with Crippen molar-refractivity contribution in [2.24, 2.45) is 5.73 Å². The lowest BCUT2D eigenvalue weighted by molar-refractivity contribution is -0.136. The van der Waals surface area contributed by atoms with E-state index in [1.54, 1.807) is 6.07 Å². The number of primary amides is 1. The van der Waals surface area contributed by atoms with E-state index in [1.165, 1.54) is 11.0 Å². The molecule has 170 valence electrons. The Morgan fingerprint density at radius 2 is 2.03 bits per heavy atom. The third-order valence-corrected chi connectivity index (χ3v) is 6.10. The molecule has 5 rings (SSSR count). The smallest absolute Gasteiger partial charge is 0.410 e. The van der Waals surface area contributed by atoms with Crippen molar-refractivity contribution in [3.8, 4) is 11.5 Å². The summed E-state index contributed by atoms with van der Waals surface area (Å²) in [5, 5.41) is 2.29. The quantitative estimate of drug-likeness (QED) is 0.677. The molecule has 0 radical (unpaired) electrons. The van der Waals surface area contributed by atoms with Crippen molar-refractivity contribution in [1.82, 2.24) is 10.2 Å². The molecule has 2 aromatic rings. The van der Waals surface area contributed by atoms with Gasteiger partial charge in [-0.2, -0.15) is 0 Å². The van der Waals surface area contributed by atoms with Crippen LogP contribution in [0, 0.1) is 5.82 Å². The van der Waals surface area contributed by atoms with Crippen LogP contribution < -0.4 is 20.5 Å². The fourth-order valence-electron chi connectivity index (χ4n) is 4.65. The summed E-state index contributed by atoms with van der Waals surface area (Å²) in [7, 11) is 0. The SMILES string of the molecule is NC(=O)Oc1cc(F)cc2c1OC(Cc1ccc3c(c1)C(=O)N(C1CCC(=O)NC1=O)C3)C2. The lowest BCUT2D eigenvalue weighted by Gasteiger charge is -2.29. The second-order valence-electron chi connectivity index (χ2n) is 8.35. The number of benzene rings is 2. The van der Waals surface area contributed by atoms with Gasteiger partial charge in [0, 0.05) is 43.0 Å². The fraction of sp³-hybridized carbons (Fsp3) is 0.304. The summed E-state index contributed by atoms with van der Waals surface area (Å²) in [5.74, 6) is -1.39. The first-order valence-electron chi connectivity index (χ1n) is 10.5. The lowest BCUT2D eigenvalue weighted by atomic mass is 9.99. The van der Waals surface area contributed by atoms with Crippen LogP contribution in [-0.4, -0.2) is 40.9 Å². The van der Waals surface area contributed by atoms with Crippen molar-refractivity contribution >= 4 is 23.8 Å². The molecule has 3 aliphatic rings. The summed E-state index contributed by atoms with van der Waals surface area (Å²) in [5.41, 5.74) is 7.78. The Bertz CT molecular complexity index is 1210. The molecule has 0 saturated carbocycles. The van der Waals surface area contributed by atoms with Gasteiger partial charge in [-0.1, -0.05) is 12.1 Å². The third kappa shape index (κ3) is 3.88. The molecule has 1 saturated heterocycles. The van der Waals surface area contributed by atoms with Gasteiger partial charge < -0.3 is 20.1 Å². The molecule has 2 atom stereocenters. The number of carbonyl (C=O) groups is 4. The van der Waals surface area contributed by atoms with Gasteiger partial charge in [-0.05, 0) is 29.7 Å². The highest BCUT2D eigenvalue weighted by molar-refractivity contribution is 6.05. The van der Waals surface area contributed by atoms with Crippen LogP contribution in [-0.2, 0) is 29.0 Å². The molecule has 0 bridgehead atoms. The van der Waals surface area contributed by atoms with Crippen molar-refractivity contribution in [2.75, 3.05) is 0 Å². The number of amides is 4. The van der Waals surface area contributed by atoms with E-state index >= 15 is 0 Å². The van der Waals surface area contributed by atoms with Gasteiger partial charge in [-0.3, -0.25) is 19.7 Å². The largest absolute Gasteiger partial charge is 0.486 e. The van der Waals surface area contributed by atoms with Crippen LogP contribution in [0.25, 0.3) is 0 Å². The molecular formula is C23H20FN3O6. The van der Waals surface area contributed by atoms with Gasteiger partial charge in [-0.25, -0.2) is 9.18 Å². The molecule has 1 fully saturated rings. The van der Waals surface area contributed by atoms with Gasteiger partial charge in [0.2, 0.25) is 11.8 Å². The zero-order valence-corrected chi connectivity index (χ0v) is 17.4. The molecular weight excluding hydrogens is 433 g/mol. The summed E-state index contributed by atoms with van der Waals surface area (Å²) in [6, 6.07) is 7.21. The minimum Gasteiger partial charge on any atom is -0.486 e. The van der Waals surface area contributed by atoms with Crippen molar-refractivity contribution in [2.45, 2.75) is 44.4 Å². The first-order valence-corrected chi connectivity index (χ1v) is 10.5. The number of halogens is 1. The van der Waals surface area contributed by atoms with Crippen molar-refractivity contribution < 1.29 is 33.0 Å². The van der Waals surface area contributed by atoms with Crippen molar-refractivity contribution in [3.05, 3.63) is 58.4 Å². The summed E-state index contributed by atoms with van der Waals surface area (Å²) < 4.78 is 24.7. The van der Waals surface area contributed by atoms with Gasteiger partial charge in [0.15, 0.2) is 11.5 Å². The Hall–Kier alpha value is -3.95. The zero-order valence-electron chi connectivity index (χ0n) is 17.4. The van der Waals surface area contributed by atoms with Gasteiger partial charge in [0.05, 0.1) is 0 Å². The maximum Gasteiger partial charge on any atom is 0.410 e. The highest BCUT2D eigenvalue weighted by atomic mass is 19.1. The molecule has 0 aromatic heterocycles. The predicted molar refractivity (Wildman–Crippen MR) is 111 cm³/mol. The number of imide groups is 1. The van der Waals surface area contributed by atoms with Crippen LogP contribution in [0.2, 0.25) is 0 Å². The van der Waals surface area contributed by atoms with Crippen LogP contribution in [0.1, 0.15) is 39.9 Å². The highest BCUT2D eigenvalue weighted by Gasteiger charge is 2.39. The monoisotopic (exact) mass is 453 g/mol. The number of nitrogens with two attached hydrogens (primary N) is 1. The van der Waals surface area contributed by atoms with E-state index in [4.69, 9.17) is 15.2 Å². The Morgan fingerprint density at radius 1 is 1.21 bits per heavy atom. The minimum absolute atomic E-state index is 0.0657. The van der Waals surface area contributed by atoms with E-state index in [-0.39, 0.29) is 35.8 Å². The van der Waals surface area contributed by atoms with E-state index in [9.17, 15) is 23.6 Å². The number of piperidine rings is 1.